The maximum atomic E-state index is 12.3. The van der Waals surface area contributed by atoms with Crippen molar-refractivity contribution in [2.75, 3.05) is 13.1 Å². The van der Waals surface area contributed by atoms with E-state index in [1.165, 1.54) is 24.3 Å². The van der Waals surface area contributed by atoms with E-state index in [0.29, 0.717) is 43.3 Å². The average Bonchev–Trinajstić information content (AvgIpc) is 3.11. The van der Waals surface area contributed by atoms with Crippen molar-refractivity contribution in [1.82, 2.24) is 4.90 Å². The first-order chi connectivity index (χ1) is 12.6. The SMILES string of the molecule is CC(C)(C)OC(=O)N1C[C@H]2CC(OC(=O)c3ccc([N+](=O)[O-])cc3)C[C@@H]2C1. The van der Waals surface area contributed by atoms with E-state index in [-0.39, 0.29) is 17.9 Å². The average molecular weight is 376 g/mol. The maximum absolute atomic E-state index is 12.3. The summed E-state index contributed by atoms with van der Waals surface area (Å²) in [6.45, 7) is 6.76. The topological polar surface area (TPSA) is 99.0 Å². The minimum Gasteiger partial charge on any atom is -0.459 e. The Balaban J connectivity index is 1.51. The highest BCUT2D eigenvalue weighted by Gasteiger charge is 2.44. The molecule has 1 saturated heterocycles. The number of likely N-dealkylation sites (tertiary alicyclic amines) is 1. The smallest absolute Gasteiger partial charge is 0.410 e. The number of esters is 1. The van der Waals surface area contributed by atoms with Gasteiger partial charge in [0.2, 0.25) is 0 Å². The zero-order chi connectivity index (χ0) is 19.8. The van der Waals surface area contributed by atoms with Crippen LogP contribution >= 0.6 is 0 Å². The molecule has 0 radical (unpaired) electrons. The molecule has 1 aliphatic heterocycles. The molecule has 0 bridgehead atoms. The van der Waals surface area contributed by atoms with E-state index in [0.717, 1.165) is 0 Å². The number of hydrogen-bond acceptors (Lipinski definition) is 6. The molecule has 2 fully saturated rings. The lowest BCUT2D eigenvalue weighted by Gasteiger charge is -2.25. The summed E-state index contributed by atoms with van der Waals surface area (Å²) in [7, 11) is 0. The van der Waals surface area contributed by atoms with Crippen LogP contribution in [0.25, 0.3) is 0 Å². The molecule has 1 aromatic rings. The number of ether oxygens (including phenoxy) is 2. The first-order valence-electron chi connectivity index (χ1n) is 9.06. The van der Waals surface area contributed by atoms with E-state index < -0.39 is 16.5 Å². The molecule has 2 atom stereocenters. The highest BCUT2D eigenvalue weighted by molar-refractivity contribution is 5.89. The van der Waals surface area contributed by atoms with Gasteiger partial charge in [-0.1, -0.05) is 0 Å². The lowest BCUT2D eigenvalue weighted by atomic mass is 10.0. The number of non-ortho nitro benzene ring substituents is 1. The number of benzene rings is 1. The van der Waals surface area contributed by atoms with Crippen molar-refractivity contribution in [1.29, 1.82) is 0 Å². The second kappa shape index (κ2) is 7.17. The number of fused-ring (bicyclic) bond motifs is 1. The van der Waals surface area contributed by atoms with Gasteiger partial charge in [0, 0.05) is 25.2 Å². The summed E-state index contributed by atoms with van der Waals surface area (Å²) in [4.78, 5) is 36.3. The molecule has 8 nitrogen and oxygen atoms in total. The molecule has 0 N–H and O–H groups in total. The predicted molar refractivity (Wildman–Crippen MR) is 96.3 cm³/mol. The molecule has 1 aliphatic carbocycles. The highest BCUT2D eigenvalue weighted by atomic mass is 16.6. The molecular formula is C19H24N2O6. The van der Waals surface area contributed by atoms with E-state index in [2.05, 4.69) is 0 Å². The number of hydrogen-bond donors (Lipinski definition) is 0. The Morgan fingerprint density at radius 2 is 1.67 bits per heavy atom. The third-order valence-electron chi connectivity index (χ3n) is 4.95. The fourth-order valence-electron chi connectivity index (χ4n) is 3.75. The summed E-state index contributed by atoms with van der Waals surface area (Å²) in [5, 5.41) is 10.7. The highest BCUT2D eigenvalue weighted by Crippen LogP contribution is 2.40. The van der Waals surface area contributed by atoms with Gasteiger partial charge in [0.05, 0.1) is 10.5 Å². The second-order valence-corrected chi connectivity index (χ2v) is 8.21. The summed E-state index contributed by atoms with van der Waals surface area (Å²) in [5.41, 5.74) is -0.283. The Bertz CT molecular complexity index is 726. The van der Waals surface area contributed by atoms with Crippen LogP contribution in [-0.2, 0) is 9.47 Å². The molecule has 3 rings (SSSR count). The summed E-state index contributed by atoms with van der Waals surface area (Å²) in [6, 6.07) is 5.39. The lowest BCUT2D eigenvalue weighted by Crippen LogP contribution is -2.36. The molecule has 1 amide bonds. The monoisotopic (exact) mass is 376 g/mol. The van der Waals surface area contributed by atoms with Crippen molar-refractivity contribution >= 4 is 17.7 Å². The number of carbonyl (C=O) groups excluding carboxylic acids is 2. The lowest BCUT2D eigenvalue weighted by molar-refractivity contribution is -0.384. The molecule has 0 spiro atoms. The first-order valence-corrected chi connectivity index (χ1v) is 9.06. The van der Waals surface area contributed by atoms with Gasteiger partial charge in [0.1, 0.15) is 11.7 Å². The van der Waals surface area contributed by atoms with Crippen LogP contribution in [0.15, 0.2) is 24.3 Å². The molecule has 27 heavy (non-hydrogen) atoms. The van der Waals surface area contributed by atoms with Crippen molar-refractivity contribution in [3.8, 4) is 0 Å². The predicted octanol–water partition coefficient (Wildman–Crippen LogP) is 3.40. The number of amides is 1. The van der Waals surface area contributed by atoms with Crippen LogP contribution in [0.3, 0.4) is 0 Å². The molecule has 146 valence electrons. The van der Waals surface area contributed by atoms with Crippen LogP contribution < -0.4 is 0 Å². The normalized spacial score (nSPS) is 22.4. The third kappa shape index (κ3) is 4.56. The molecule has 1 saturated carbocycles. The Hall–Kier alpha value is -2.64. The summed E-state index contributed by atoms with van der Waals surface area (Å²) >= 11 is 0. The van der Waals surface area contributed by atoms with Crippen LogP contribution in [0.2, 0.25) is 0 Å². The van der Waals surface area contributed by atoms with E-state index >= 15 is 0 Å². The van der Waals surface area contributed by atoms with Gasteiger partial charge in [-0.25, -0.2) is 9.59 Å². The minimum atomic E-state index is -0.516. The Morgan fingerprint density at radius 3 is 2.15 bits per heavy atom. The van der Waals surface area contributed by atoms with Gasteiger partial charge >= 0.3 is 12.1 Å². The van der Waals surface area contributed by atoms with E-state index in [4.69, 9.17) is 9.47 Å². The minimum absolute atomic E-state index is 0.0656. The van der Waals surface area contributed by atoms with Crippen molar-refractivity contribution in [3.05, 3.63) is 39.9 Å². The van der Waals surface area contributed by atoms with E-state index in [1.807, 2.05) is 20.8 Å². The Labute approximate surface area is 157 Å². The molecule has 2 aliphatic rings. The number of nitro benzene ring substituents is 1. The van der Waals surface area contributed by atoms with Crippen LogP contribution in [0.1, 0.15) is 44.0 Å². The van der Waals surface area contributed by atoms with Crippen molar-refractivity contribution in [3.63, 3.8) is 0 Å². The molecule has 0 aromatic heterocycles. The zero-order valence-corrected chi connectivity index (χ0v) is 15.7. The summed E-state index contributed by atoms with van der Waals surface area (Å²) < 4.78 is 11.0. The standard InChI is InChI=1S/C19H24N2O6/c1-19(2,3)27-18(23)20-10-13-8-16(9-14(13)11-20)26-17(22)12-4-6-15(7-5-12)21(24)25/h4-7,13-14,16H,8-11H2,1-3H3/t13-,14-/m1/s1. The molecule has 1 aromatic carbocycles. The van der Waals surface area contributed by atoms with Crippen molar-refractivity contribution in [2.24, 2.45) is 11.8 Å². The summed E-state index contributed by atoms with van der Waals surface area (Å²) in [5.74, 6) is 0.123. The summed E-state index contributed by atoms with van der Waals surface area (Å²) in [6.07, 6.45) is 0.936. The van der Waals surface area contributed by atoms with Crippen molar-refractivity contribution < 1.29 is 24.0 Å². The van der Waals surface area contributed by atoms with Gasteiger partial charge in [-0.2, -0.15) is 0 Å². The maximum Gasteiger partial charge on any atom is 0.410 e. The Kier molecular flexibility index (Phi) is 5.08. The second-order valence-electron chi connectivity index (χ2n) is 8.21. The van der Waals surface area contributed by atoms with Gasteiger partial charge in [0.25, 0.3) is 5.69 Å². The Morgan fingerprint density at radius 1 is 1.11 bits per heavy atom. The number of carbonyl (C=O) groups is 2. The number of nitro groups is 1. The van der Waals surface area contributed by atoms with Gasteiger partial charge in [-0.05, 0) is 57.6 Å². The quantitative estimate of drug-likeness (QED) is 0.455. The molecule has 8 heteroatoms. The zero-order valence-electron chi connectivity index (χ0n) is 15.7. The van der Waals surface area contributed by atoms with Gasteiger partial charge in [-0.3, -0.25) is 10.1 Å². The number of rotatable bonds is 3. The van der Waals surface area contributed by atoms with Crippen LogP contribution in [0.4, 0.5) is 10.5 Å². The fourth-order valence-corrected chi connectivity index (χ4v) is 3.75. The van der Waals surface area contributed by atoms with E-state index in [1.54, 1.807) is 4.90 Å². The molecule has 0 unspecified atom stereocenters. The van der Waals surface area contributed by atoms with E-state index in [9.17, 15) is 19.7 Å². The van der Waals surface area contributed by atoms with Crippen LogP contribution in [0.5, 0.6) is 0 Å². The first kappa shape index (κ1) is 19.1. The third-order valence-corrected chi connectivity index (χ3v) is 4.95. The van der Waals surface area contributed by atoms with Gasteiger partial charge in [0.15, 0.2) is 0 Å². The van der Waals surface area contributed by atoms with Crippen LogP contribution in [0, 0.1) is 22.0 Å². The van der Waals surface area contributed by atoms with Crippen molar-refractivity contribution in [2.45, 2.75) is 45.3 Å². The van der Waals surface area contributed by atoms with Crippen LogP contribution in [-0.4, -0.2) is 46.7 Å². The number of nitrogens with zero attached hydrogens (tertiary/aromatic N) is 2. The van der Waals surface area contributed by atoms with Gasteiger partial charge < -0.3 is 14.4 Å². The largest absolute Gasteiger partial charge is 0.459 e. The molecular weight excluding hydrogens is 352 g/mol. The van der Waals surface area contributed by atoms with Gasteiger partial charge in [-0.15, -0.1) is 0 Å². The fraction of sp³-hybridized carbons (Fsp3) is 0.579. The molecule has 1 heterocycles.